The lowest BCUT2D eigenvalue weighted by Gasteiger charge is -2.33. The summed E-state index contributed by atoms with van der Waals surface area (Å²) >= 11 is 0. The van der Waals surface area contributed by atoms with Gasteiger partial charge in [-0.3, -0.25) is 9.69 Å². The van der Waals surface area contributed by atoms with Gasteiger partial charge in [-0.25, -0.2) is 0 Å². The minimum absolute atomic E-state index is 0.100. The van der Waals surface area contributed by atoms with Crippen LogP contribution in [0.2, 0.25) is 0 Å². The van der Waals surface area contributed by atoms with Crippen molar-refractivity contribution in [2.45, 2.75) is 0 Å². The van der Waals surface area contributed by atoms with Crippen molar-refractivity contribution in [3.8, 4) is 0 Å². The molecule has 1 aliphatic rings. The highest BCUT2D eigenvalue weighted by molar-refractivity contribution is 5.91. The second kappa shape index (κ2) is 9.00. The van der Waals surface area contributed by atoms with Gasteiger partial charge in [-0.1, -0.05) is 72.8 Å². The van der Waals surface area contributed by atoms with Gasteiger partial charge >= 0.3 is 0 Å². The maximum absolute atomic E-state index is 12.3. The summed E-state index contributed by atoms with van der Waals surface area (Å²) in [6.07, 6.45) is 7.92. The predicted octanol–water partition coefficient (Wildman–Crippen LogP) is 3.56. The topological polar surface area (TPSA) is 23.6 Å². The zero-order valence-electron chi connectivity index (χ0n) is 14.4. The van der Waals surface area contributed by atoms with E-state index in [0.29, 0.717) is 0 Å². The average Bonchev–Trinajstić information content (AvgIpc) is 2.68. The fourth-order valence-electron chi connectivity index (χ4n) is 2.89. The maximum atomic E-state index is 12.3. The van der Waals surface area contributed by atoms with Crippen LogP contribution in [0, 0.1) is 0 Å². The van der Waals surface area contributed by atoms with Gasteiger partial charge in [0.05, 0.1) is 0 Å². The minimum atomic E-state index is 0.100. The quantitative estimate of drug-likeness (QED) is 0.782. The first-order chi connectivity index (χ1) is 12.3. The standard InChI is InChI=1S/C22H24N2O/c25-22(14-13-21-10-5-2-6-11-21)24-18-16-23(17-19-24)15-7-12-20-8-3-1-4-9-20/h1-14H,15-19H2/b12-7+,14-13+. The van der Waals surface area contributed by atoms with E-state index in [-0.39, 0.29) is 5.91 Å². The number of hydrogen-bond acceptors (Lipinski definition) is 2. The number of hydrogen-bond donors (Lipinski definition) is 0. The molecule has 3 rings (SSSR count). The van der Waals surface area contributed by atoms with Crippen LogP contribution >= 0.6 is 0 Å². The zero-order valence-corrected chi connectivity index (χ0v) is 14.4. The number of benzene rings is 2. The molecule has 2 aromatic rings. The van der Waals surface area contributed by atoms with Gasteiger partial charge in [-0.15, -0.1) is 0 Å². The molecule has 3 nitrogen and oxygen atoms in total. The Labute approximate surface area is 149 Å². The third-order valence-electron chi connectivity index (χ3n) is 4.38. The fraction of sp³-hybridized carbons (Fsp3) is 0.227. The monoisotopic (exact) mass is 332 g/mol. The number of nitrogens with zero attached hydrogens (tertiary/aromatic N) is 2. The zero-order chi connectivity index (χ0) is 17.3. The van der Waals surface area contributed by atoms with Gasteiger partial charge < -0.3 is 4.90 Å². The summed E-state index contributed by atoms with van der Waals surface area (Å²) in [7, 11) is 0. The van der Waals surface area contributed by atoms with E-state index in [0.717, 1.165) is 38.3 Å². The molecule has 1 heterocycles. The van der Waals surface area contributed by atoms with Crippen molar-refractivity contribution in [1.82, 2.24) is 9.80 Å². The molecule has 2 aromatic carbocycles. The number of amides is 1. The number of carbonyl (C=O) groups is 1. The van der Waals surface area contributed by atoms with Gasteiger partial charge in [-0.05, 0) is 17.2 Å². The van der Waals surface area contributed by atoms with E-state index in [4.69, 9.17) is 0 Å². The Hall–Kier alpha value is -2.65. The summed E-state index contributed by atoms with van der Waals surface area (Å²) in [4.78, 5) is 16.6. The number of rotatable bonds is 5. The molecule has 128 valence electrons. The predicted molar refractivity (Wildman–Crippen MR) is 104 cm³/mol. The molecular weight excluding hydrogens is 308 g/mol. The van der Waals surface area contributed by atoms with Gasteiger partial charge in [-0.2, -0.15) is 0 Å². The molecule has 1 fully saturated rings. The van der Waals surface area contributed by atoms with Crippen LogP contribution in [0.1, 0.15) is 11.1 Å². The Balaban J connectivity index is 1.43. The van der Waals surface area contributed by atoms with E-state index in [2.05, 4.69) is 29.2 Å². The van der Waals surface area contributed by atoms with E-state index >= 15 is 0 Å². The highest BCUT2D eigenvalue weighted by Crippen LogP contribution is 2.07. The van der Waals surface area contributed by atoms with Crippen LogP contribution in [0.4, 0.5) is 0 Å². The van der Waals surface area contributed by atoms with Gasteiger partial charge in [0.15, 0.2) is 0 Å². The van der Waals surface area contributed by atoms with Crippen LogP contribution < -0.4 is 0 Å². The molecule has 1 amide bonds. The highest BCUT2D eigenvalue weighted by atomic mass is 16.2. The van der Waals surface area contributed by atoms with E-state index < -0.39 is 0 Å². The molecule has 0 atom stereocenters. The Morgan fingerprint density at radius 1 is 0.800 bits per heavy atom. The summed E-state index contributed by atoms with van der Waals surface area (Å²) in [6.45, 7) is 4.35. The van der Waals surface area contributed by atoms with Crippen LogP contribution in [0.3, 0.4) is 0 Å². The van der Waals surface area contributed by atoms with Crippen molar-refractivity contribution >= 4 is 18.1 Å². The van der Waals surface area contributed by atoms with E-state index in [1.165, 1.54) is 5.56 Å². The number of piperazine rings is 1. The van der Waals surface area contributed by atoms with Gasteiger partial charge in [0.2, 0.25) is 5.91 Å². The smallest absolute Gasteiger partial charge is 0.246 e. The summed E-state index contributed by atoms with van der Waals surface area (Å²) in [5, 5.41) is 0. The van der Waals surface area contributed by atoms with Crippen LogP contribution in [0.5, 0.6) is 0 Å². The van der Waals surface area contributed by atoms with E-state index in [1.54, 1.807) is 6.08 Å². The first-order valence-electron chi connectivity index (χ1n) is 8.77. The first kappa shape index (κ1) is 17.2. The largest absolute Gasteiger partial charge is 0.337 e. The lowest BCUT2D eigenvalue weighted by molar-refractivity contribution is -0.127. The summed E-state index contributed by atoms with van der Waals surface area (Å²) in [5.74, 6) is 0.100. The van der Waals surface area contributed by atoms with Crippen molar-refractivity contribution in [3.05, 3.63) is 83.9 Å². The molecule has 1 aliphatic heterocycles. The van der Waals surface area contributed by atoms with Gasteiger partial charge in [0.1, 0.15) is 0 Å². The second-order valence-electron chi connectivity index (χ2n) is 6.18. The van der Waals surface area contributed by atoms with E-state index in [9.17, 15) is 4.79 Å². The summed E-state index contributed by atoms with van der Waals surface area (Å²) < 4.78 is 0. The summed E-state index contributed by atoms with van der Waals surface area (Å²) in [5.41, 5.74) is 2.28. The van der Waals surface area contributed by atoms with Crippen molar-refractivity contribution < 1.29 is 4.79 Å². The molecule has 0 spiro atoms. The molecule has 25 heavy (non-hydrogen) atoms. The van der Waals surface area contributed by atoms with Gasteiger partial charge in [0, 0.05) is 38.8 Å². The highest BCUT2D eigenvalue weighted by Gasteiger charge is 2.18. The summed E-state index contributed by atoms with van der Waals surface area (Å²) in [6, 6.07) is 20.3. The van der Waals surface area contributed by atoms with Crippen molar-refractivity contribution in [2.75, 3.05) is 32.7 Å². The molecule has 3 heteroatoms. The Morgan fingerprint density at radius 2 is 1.36 bits per heavy atom. The van der Waals surface area contributed by atoms with Crippen LogP contribution in [0.15, 0.2) is 72.8 Å². The molecule has 1 saturated heterocycles. The molecule has 0 radical (unpaired) electrons. The maximum Gasteiger partial charge on any atom is 0.246 e. The average molecular weight is 332 g/mol. The molecule has 0 aromatic heterocycles. The lowest BCUT2D eigenvalue weighted by atomic mass is 10.2. The Kier molecular flexibility index (Phi) is 6.18. The van der Waals surface area contributed by atoms with Crippen molar-refractivity contribution in [1.29, 1.82) is 0 Å². The van der Waals surface area contributed by atoms with Crippen LogP contribution in [0.25, 0.3) is 12.2 Å². The van der Waals surface area contributed by atoms with Crippen molar-refractivity contribution in [3.63, 3.8) is 0 Å². The molecular formula is C22H24N2O. The molecule has 0 unspecified atom stereocenters. The third-order valence-corrected chi connectivity index (χ3v) is 4.38. The van der Waals surface area contributed by atoms with E-state index in [1.807, 2.05) is 59.5 Å². The fourth-order valence-corrected chi connectivity index (χ4v) is 2.89. The minimum Gasteiger partial charge on any atom is -0.337 e. The second-order valence-corrected chi connectivity index (χ2v) is 6.18. The lowest BCUT2D eigenvalue weighted by Crippen LogP contribution is -2.48. The molecule has 0 aliphatic carbocycles. The van der Waals surface area contributed by atoms with Gasteiger partial charge in [0.25, 0.3) is 0 Å². The Bertz CT molecular complexity index is 714. The first-order valence-corrected chi connectivity index (χ1v) is 8.77. The van der Waals surface area contributed by atoms with Crippen molar-refractivity contribution in [2.24, 2.45) is 0 Å². The molecule has 0 N–H and O–H groups in total. The Morgan fingerprint density at radius 3 is 1.96 bits per heavy atom. The van der Waals surface area contributed by atoms with Crippen LogP contribution in [-0.2, 0) is 4.79 Å². The van der Waals surface area contributed by atoms with Crippen LogP contribution in [-0.4, -0.2) is 48.4 Å². The molecule has 0 bridgehead atoms. The normalized spacial score (nSPS) is 15.9. The SMILES string of the molecule is O=C(/C=C/c1ccccc1)N1CCN(C/C=C/c2ccccc2)CC1. The molecule has 0 saturated carbocycles. The third kappa shape index (κ3) is 5.44. The number of carbonyl (C=O) groups excluding carboxylic acids is 1.